The first-order valence-corrected chi connectivity index (χ1v) is 10.1. The van der Waals surface area contributed by atoms with Gasteiger partial charge in [-0.25, -0.2) is 4.98 Å². The molecule has 2 aromatic carbocycles. The third-order valence-corrected chi connectivity index (χ3v) is 5.40. The summed E-state index contributed by atoms with van der Waals surface area (Å²) in [6.07, 6.45) is 0.471. The van der Waals surface area contributed by atoms with Crippen molar-refractivity contribution in [3.63, 3.8) is 0 Å². The number of halogens is 1. The van der Waals surface area contributed by atoms with E-state index in [9.17, 15) is 0 Å². The maximum atomic E-state index is 6.54. The molecular weight excluding hydrogens is 414 g/mol. The molecule has 4 rings (SSSR count). The van der Waals surface area contributed by atoms with Crippen LogP contribution in [0.15, 0.2) is 48.5 Å². The Morgan fingerprint density at radius 2 is 1.77 bits per heavy atom. The molecule has 0 radical (unpaired) electrons. The molecule has 158 valence electrons. The van der Waals surface area contributed by atoms with Crippen molar-refractivity contribution in [2.75, 3.05) is 18.6 Å². The van der Waals surface area contributed by atoms with E-state index >= 15 is 0 Å². The fourth-order valence-electron chi connectivity index (χ4n) is 3.48. The van der Waals surface area contributed by atoms with Gasteiger partial charge in [0.05, 0.1) is 12.5 Å². The Morgan fingerprint density at radius 3 is 2.52 bits per heavy atom. The molecule has 0 spiro atoms. The lowest BCUT2D eigenvalue weighted by atomic mass is 9.99. The smallest absolute Gasteiger partial charge is 0.224 e. The molecule has 4 N–H and O–H groups in total. The third kappa shape index (κ3) is 4.32. The number of aryl methyl sites for hydroxylation is 1. The maximum Gasteiger partial charge on any atom is 0.224 e. The number of benzene rings is 2. The van der Waals surface area contributed by atoms with E-state index in [0.29, 0.717) is 29.2 Å². The quantitative estimate of drug-likeness (QED) is 0.434. The molecule has 0 atom stereocenters. The van der Waals surface area contributed by atoms with Crippen molar-refractivity contribution in [1.82, 2.24) is 15.0 Å². The normalized spacial score (nSPS) is 10.9. The summed E-state index contributed by atoms with van der Waals surface area (Å²) in [5.41, 5.74) is 15.8. The summed E-state index contributed by atoms with van der Waals surface area (Å²) in [7, 11) is 1.63. The van der Waals surface area contributed by atoms with Crippen LogP contribution in [0.1, 0.15) is 22.3 Å². The second-order valence-electron chi connectivity index (χ2n) is 7.10. The van der Waals surface area contributed by atoms with Crippen LogP contribution in [0.4, 0.5) is 11.8 Å². The number of rotatable bonds is 6. The predicted octanol–water partition coefficient (Wildman–Crippen LogP) is 4.33. The Hall–Kier alpha value is -3.58. The van der Waals surface area contributed by atoms with Gasteiger partial charge in [-0.05, 0) is 41.8 Å². The highest BCUT2D eigenvalue weighted by Gasteiger charge is 2.18. The van der Waals surface area contributed by atoms with Crippen LogP contribution in [0.2, 0.25) is 5.15 Å². The fraction of sp³-hybridized carbons (Fsp3) is 0.174. The number of anilines is 2. The van der Waals surface area contributed by atoms with E-state index in [-0.39, 0.29) is 11.8 Å². The molecule has 0 unspecified atom stereocenters. The van der Waals surface area contributed by atoms with Crippen molar-refractivity contribution in [3.8, 4) is 11.5 Å². The van der Waals surface area contributed by atoms with E-state index in [1.165, 1.54) is 0 Å². The van der Waals surface area contributed by atoms with E-state index < -0.39 is 0 Å². The van der Waals surface area contributed by atoms with Gasteiger partial charge in [0.25, 0.3) is 0 Å². The molecule has 8 heteroatoms. The van der Waals surface area contributed by atoms with Crippen LogP contribution in [0.3, 0.4) is 0 Å². The Labute approximate surface area is 185 Å². The number of hydrogen-bond donors (Lipinski definition) is 2. The summed E-state index contributed by atoms with van der Waals surface area (Å²) >= 11 is 6.54. The zero-order valence-corrected chi connectivity index (χ0v) is 18.0. The van der Waals surface area contributed by atoms with Gasteiger partial charge in [0.1, 0.15) is 29.1 Å². The maximum absolute atomic E-state index is 6.54. The first kappa shape index (κ1) is 20.7. The Balaban J connectivity index is 1.73. The number of ether oxygens (including phenoxy) is 2. The van der Waals surface area contributed by atoms with Gasteiger partial charge in [0, 0.05) is 12.0 Å². The average Bonchev–Trinajstić information content (AvgIpc) is 2.75. The number of aromatic nitrogens is 3. The van der Waals surface area contributed by atoms with Crippen LogP contribution in [0.5, 0.6) is 11.5 Å². The standard InChI is InChI=1S/C23H22ClN5O2/c1-13-17(20(24)27-22-19(13)21(25)28-23(26)29-22)11-15-10-16(30-2)8-9-18(15)31-12-14-6-4-3-5-7-14/h3-10H,11-12H2,1-2H3,(H4,25,26,27,28,29). The minimum Gasteiger partial charge on any atom is -0.497 e. The van der Waals surface area contributed by atoms with Crippen molar-refractivity contribution >= 4 is 34.4 Å². The molecule has 0 fully saturated rings. The molecular formula is C23H22ClN5O2. The van der Waals surface area contributed by atoms with Gasteiger partial charge in [0.2, 0.25) is 5.95 Å². The average molecular weight is 436 g/mol. The van der Waals surface area contributed by atoms with Gasteiger partial charge in [0.15, 0.2) is 5.65 Å². The van der Waals surface area contributed by atoms with Gasteiger partial charge in [-0.1, -0.05) is 41.9 Å². The Morgan fingerprint density at radius 1 is 1.00 bits per heavy atom. The van der Waals surface area contributed by atoms with Crippen molar-refractivity contribution in [2.45, 2.75) is 20.0 Å². The monoisotopic (exact) mass is 435 g/mol. The molecule has 0 saturated carbocycles. The minimum atomic E-state index is 0.0603. The number of fused-ring (bicyclic) bond motifs is 1. The molecule has 0 aliphatic carbocycles. The van der Waals surface area contributed by atoms with Crippen LogP contribution in [0, 0.1) is 6.92 Å². The minimum absolute atomic E-state index is 0.0603. The molecule has 0 bridgehead atoms. The summed E-state index contributed by atoms with van der Waals surface area (Å²) in [5.74, 6) is 1.80. The van der Waals surface area contributed by atoms with Crippen LogP contribution in [0.25, 0.3) is 11.0 Å². The van der Waals surface area contributed by atoms with Crippen LogP contribution >= 0.6 is 11.6 Å². The second kappa shape index (κ2) is 8.65. The van der Waals surface area contributed by atoms with Crippen molar-refractivity contribution < 1.29 is 9.47 Å². The van der Waals surface area contributed by atoms with Crippen LogP contribution in [-0.2, 0) is 13.0 Å². The van der Waals surface area contributed by atoms with E-state index in [0.717, 1.165) is 33.8 Å². The molecule has 7 nitrogen and oxygen atoms in total. The zero-order chi connectivity index (χ0) is 22.0. The third-order valence-electron chi connectivity index (χ3n) is 5.09. The number of hydrogen-bond acceptors (Lipinski definition) is 7. The highest BCUT2D eigenvalue weighted by Crippen LogP contribution is 2.33. The lowest BCUT2D eigenvalue weighted by molar-refractivity contribution is 0.302. The number of nitrogen functional groups attached to an aromatic ring is 2. The summed E-state index contributed by atoms with van der Waals surface area (Å²) in [4.78, 5) is 12.6. The molecule has 0 amide bonds. The topological polar surface area (TPSA) is 109 Å². The Kier molecular flexibility index (Phi) is 5.77. The molecule has 4 aromatic rings. The SMILES string of the molecule is COc1ccc(OCc2ccccc2)c(Cc2c(Cl)nc3nc(N)nc(N)c3c2C)c1. The van der Waals surface area contributed by atoms with Gasteiger partial charge < -0.3 is 20.9 Å². The molecule has 2 heterocycles. The lowest BCUT2D eigenvalue weighted by Crippen LogP contribution is -2.06. The van der Waals surface area contributed by atoms with Gasteiger partial charge in [-0.15, -0.1) is 0 Å². The lowest BCUT2D eigenvalue weighted by Gasteiger charge is -2.16. The van der Waals surface area contributed by atoms with Gasteiger partial charge in [-0.2, -0.15) is 9.97 Å². The fourth-order valence-corrected chi connectivity index (χ4v) is 3.77. The van der Waals surface area contributed by atoms with Crippen LogP contribution in [-0.4, -0.2) is 22.1 Å². The molecule has 0 aliphatic rings. The molecule has 2 aromatic heterocycles. The largest absolute Gasteiger partial charge is 0.497 e. The summed E-state index contributed by atoms with van der Waals surface area (Å²) < 4.78 is 11.5. The van der Waals surface area contributed by atoms with Gasteiger partial charge >= 0.3 is 0 Å². The highest BCUT2D eigenvalue weighted by atomic mass is 35.5. The number of nitrogens with zero attached hydrogens (tertiary/aromatic N) is 3. The highest BCUT2D eigenvalue weighted by molar-refractivity contribution is 6.30. The molecule has 31 heavy (non-hydrogen) atoms. The number of nitrogens with two attached hydrogens (primary N) is 2. The first-order valence-electron chi connectivity index (χ1n) is 9.67. The summed E-state index contributed by atoms with van der Waals surface area (Å²) in [5, 5.41) is 0.975. The van der Waals surface area contributed by atoms with Crippen molar-refractivity contribution in [3.05, 3.63) is 75.9 Å². The Bertz CT molecular complexity index is 1250. The molecule has 0 saturated heterocycles. The van der Waals surface area contributed by atoms with E-state index in [4.69, 9.17) is 32.5 Å². The van der Waals surface area contributed by atoms with Crippen molar-refractivity contribution in [2.24, 2.45) is 0 Å². The van der Waals surface area contributed by atoms with Crippen molar-refractivity contribution in [1.29, 1.82) is 0 Å². The van der Waals surface area contributed by atoms with E-state index in [1.54, 1.807) is 7.11 Å². The number of methoxy groups -OCH3 is 1. The zero-order valence-electron chi connectivity index (χ0n) is 17.2. The molecule has 0 aliphatic heterocycles. The van der Waals surface area contributed by atoms with E-state index in [1.807, 2.05) is 55.5 Å². The van der Waals surface area contributed by atoms with Crippen LogP contribution < -0.4 is 20.9 Å². The second-order valence-corrected chi connectivity index (χ2v) is 7.45. The summed E-state index contributed by atoms with van der Waals surface area (Å²) in [6.45, 7) is 2.37. The summed E-state index contributed by atoms with van der Waals surface area (Å²) in [6, 6.07) is 15.7. The predicted molar refractivity (Wildman–Crippen MR) is 122 cm³/mol. The number of pyridine rings is 1. The first-order chi connectivity index (χ1) is 15.0. The van der Waals surface area contributed by atoms with E-state index in [2.05, 4.69) is 15.0 Å². The van der Waals surface area contributed by atoms with Gasteiger partial charge in [-0.3, -0.25) is 0 Å².